The van der Waals surface area contributed by atoms with Gasteiger partial charge >= 0.3 is 41.8 Å². The molecule has 0 spiro atoms. The number of hydrogen-bond donors (Lipinski definition) is 5. The van der Waals surface area contributed by atoms with Crippen LogP contribution in [-0.4, -0.2) is 111 Å². The summed E-state index contributed by atoms with van der Waals surface area (Å²) in [5, 5.41) is 46.0. The smallest absolute Gasteiger partial charge is 0.339 e. The molecule has 0 radical (unpaired) electrons. The molecule has 2 fully saturated rings. The Balaban J connectivity index is 0.000000427. The van der Waals surface area contributed by atoms with Gasteiger partial charge in [-0.1, -0.05) is 32.9 Å². The topological polar surface area (TPSA) is 276 Å². The van der Waals surface area contributed by atoms with Crippen LogP contribution in [0.4, 0.5) is 0 Å². The molecular formula is C41H60O18. The Labute approximate surface area is 343 Å². The highest BCUT2D eigenvalue weighted by molar-refractivity contribution is 5.90. The van der Waals surface area contributed by atoms with Gasteiger partial charge in [0, 0.05) is 44.4 Å². The van der Waals surface area contributed by atoms with E-state index in [1.807, 2.05) is 6.92 Å². The summed E-state index contributed by atoms with van der Waals surface area (Å²) in [7, 11) is 0. The average Bonchev–Trinajstić information content (AvgIpc) is 3.16. The molecule has 2 aliphatic heterocycles. The summed E-state index contributed by atoms with van der Waals surface area (Å²) in [6.07, 6.45) is -0.680. The van der Waals surface area contributed by atoms with Crippen LogP contribution < -0.4 is 4.74 Å². The second kappa shape index (κ2) is 27.0. The van der Waals surface area contributed by atoms with Crippen molar-refractivity contribution in [1.29, 1.82) is 0 Å². The number of hydrogen-bond acceptors (Lipinski definition) is 14. The van der Waals surface area contributed by atoms with Gasteiger partial charge in [0.05, 0.1) is 13.2 Å². The Morgan fingerprint density at radius 3 is 1.63 bits per heavy atom. The summed E-state index contributed by atoms with van der Waals surface area (Å²) < 4.78 is 33.6. The number of aliphatic hydroxyl groups is 1. The zero-order chi connectivity index (χ0) is 43.9. The van der Waals surface area contributed by atoms with Crippen LogP contribution >= 0.6 is 0 Å². The van der Waals surface area contributed by atoms with Crippen molar-refractivity contribution in [3.05, 3.63) is 29.8 Å². The first kappa shape index (κ1) is 50.3. The van der Waals surface area contributed by atoms with Crippen LogP contribution in [0.1, 0.15) is 127 Å². The van der Waals surface area contributed by atoms with Crippen LogP contribution in [0.25, 0.3) is 0 Å². The molecule has 1 aromatic carbocycles. The van der Waals surface area contributed by atoms with Crippen molar-refractivity contribution < 1.29 is 87.5 Å². The number of carbonyl (C=O) groups excluding carboxylic acids is 3. The fraction of sp³-hybridized carbons (Fsp3) is 0.683. The average molecular weight is 841 g/mol. The molecule has 18 heteroatoms. The van der Waals surface area contributed by atoms with Crippen molar-refractivity contribution in [2.24, 2.45) is 17.8 Å². The molecule has 0 bridgehead atoms. The van der Waals surface area contributed by atoms with Gasteiger partial charge in [0.15, 0.2) is 18.5 Å². The molecule has 18 nitrogen and oxygen atoms in total. The van der Waals surface area contributed by atoms with Crippen molar-refractivity contribution in [2.75, 3.05) is 13.2 Å². The molecule has 0 aliphatic carbocycles. The van der Waals surface area contributed by atoms with E-state index in [-0.39, 0.29) is 74.2 Å². The summed E-state index contributed by atoms with van der Waals surface area (Å²) in [5.41, 5.74) is -0.124. The summed E-state index contributed by atoms with van der Waals surface area (Å²) in [6.45, 7) is 5.52. The largest absolute Gasteiger partial charge is 0.481 e. The van der Waals surface area contributed by atoms with Crippen LogP contribution in [0.5, 0.6) is 5.75 Å². The molecule has 59 heavy (non-hydrogen) atoms. The number of carbonyl (C=O) groups is 7. The summed E-state index contributed by atoms with van der Waals surface area (Å²) in [5.74, 6) is -5.74. The van der Waals surface area contributed by atoms with E-state index in [0.717, 1.165) is 0 Å². The van der Waals surface area contributed by atoms with Crippen molar-refractivity contribution in [2.45, 2.75) is 148 Å². The highest BCUT2D eigenvalue weighted by atomic mass is 16.7. The second-order valence-corrected chi connectivity index (χ2v) is 14.5. The first-order valence-corrected chi connectivity index (χ1v) is 20.3. The van der Waals surface area contributed by atoms with Gasteiger partial charge in [-0.25, -0.2) is 4.79 Å². The molecule has 2 saturated heterocycles. The Kier molecular flexibility index (Phi) is 23.1. The standard InChI is InChI=1S/C24H32O10.C17H28O8/c1-4-9-18(25)31-17-14-30-24(32-16-13-8-7-12-15(16)23(28)29)22(34-20(27)11-6-3)21(17)33-19(26)10-5-2;18-14(19)7-1-4-11-10-25-17(24)13(6-3-9-16(22)23)12(11)5-2-8-15(20)21/h7-8,12-13,17,21-22,24H,4-6,9-11,14H2,1-3H3,(H,28,29);11-13,17,24H,1-10H2,(H,18,19)(H,20,21)(H,22,23)/t17-,21-,22-,24?;11-,12+,13+,17?/m10/s1. The quantitative estimate of drug-likeness (QED) is 0.0660. The maximum atomic E-state index is 12.4. The normalized spacial score (nSPS) is 23.7. The Morgan fingerprint density at radius 2 is 1.10 bits per heavy atom. The zero-order valence-corrected chi connectivity index (χ0v) is 34.0. The van der Waals surface area contributed by atoms with Gasteiger partial charge in [0.2, 0.25) is 12.4 Å². The number of aliphatic carboxylic acids is 3. The third kappa shape index (κ3) is 18.3. The highest BCUT2D eigenvalue weighted by Gasteiger charge is 2.49. The van der Waals surface area contributed by atoms with Crippen LogP contribution in [0.15, 0.2) is 24.3 Å². The minimum atomic E-state index is -1.30. The molecule has 0 aromatic heterocycles. The van der Waals surface area contributed by atoms with E-state index in [1.165, 1.54) is 18.2 Å². The lowest BCUT2D eigenvalue weighted by molar-refractivity contribution is -0.261. The van der Waals surface area contributed by atoms with Crippen molar-refractivity contribution in [3.63, 3.8) is 0 Å². The monoisotopic (exact) mass is 840 g/mol. The van der Waals surface area contributed by atoms with E-state index in [0.29, 0.717) is 64.4 Å². The Bertz CT molecular complexity index is 1510. The number of esters is 3. The number of carboxylic acids is 4. The van der Waals surface area contributed by atoms with Gasteiger partial charge in [-0.3, -0.25) is 28.8 Å². The van der Waals surface area contributed by atoms with E-state index in [2.05, 4.69) is 0 Å². The fourth-order valence-electron chi connectivity index (χ4n) is 6.97. The predicted octanol–water partition coefficient (Wildman–Crippen LogP) is 5.20. The van der Waals surface area contributed by atoms with Gasteiger partial charge < -0.3 is 54.0 Å². The molecule has 1 aromatic rings. The number of carboxylic acid groups (broad SMARTS) is 4. The molecule has 8 atom stereocenters. The Hall–Kier alpha value is -4.81. The predicted molar refractivity (Wildman–Crippen MR) is 205 cm³/mol. The second-order valence-electron chi connectivity index (χ2n) is 14.5. The van der Waals surface area contributed by atoms with Gasteiger partial charge in [-0.15, -0.1) is 0 Å². The molecule has 332 valence electrons. The number of para-hydroxylation sites is 1. The van der Waals surface area contributed by atoms with E-state index in [1.54, 1.807) is 19.9 Å². The van der Waals surface area contributed by atoms with Crippen LogP contribution in [0.2, 0.25) is 0 Å². The minimum absolute atomic E-state index is 0.00527. The number of benzene rings is 1. The molecule has 0 saturated carbocycles. The third-order valence-corrected chi connectivity index (χ3v) is 9.75. The van der Waals surface area contributed by atoms with Gasteiger partial charge in [0.1, 0.15) is 11.3 Å². The fourth-order valence-corrected chi connectivity index (χ4v) is 6.97. The van der Waals surface area contributed by atoms with Gasteiger partial charge in [-0.05, 0) is 81.8 Å². The summed E-state index contributed by atoms with van der Waals surface area (Å²) in [4.78, 5) is 80.7. The van der Waals surface area contributed by atoms with E-state index >= 15 is 0 Å². The molecule has 2 unspecified atom stereocenters. The SMILES string of the molecule is CCCC(=O)O[C@@H]1[C@H](OC(=O)CCC)COC(Oc2ccccc2C(=O)O)[C@@H]1OC(=O)CCC.O=C(O)CCC[C@H]1COC(O)[C@H](CCCC(=O)O)[C@@H]1CCCC(=O)O. The first-order chi connectivity index (χ1) is 28.1. The number of rotatable bonds is 24. The van der Waals surface area contributed by atoms with Crippen LogP contribution in [0, 0.1) is 17.8 Å². The van der Waals surface area contributed by atoms with E-state index in [9.17, 15) is 43.8 Å². The minimum Gasteiger partial charge on any atom is -0.481 e. The zero-order valence-electron chi connectivity index (χ0n) is 34.0. The third-order valence-electron chi connectivity index (χ3n) is 9.75. The van der Waals surface area contributed by atoms with E-state index < -0.39 is 72.7 Å². The molecule has 3 rings (SSSR count). The highest BCUT2D eigenvalue weighted by Crippen LogP contribution is 2.40. The van der Waals surface area contributed by atoms with Crippen LogP contribution in [-0.2, 0) is 52.5 Å². The van der Waals surface area contributed by atoms with Crippen LogP contribution in [0.3, 0.4) is 0 Å². The lowest BCUT2D eigenvalue weighted by atomic mass is 9.72. The lowest BCUT2D eigenvalue weighted by Gasteiger charge is -2.41. The molecule has 0 amide bonds. The molecule has 5 N–H and O–H groups in total. The first-order valence-electron chi connectivity index (χ1n) is 20.3. The van der Waals surface area contributed by atoms with Crippen molar-refractivity contribution in [1.82, 2.24) is 0 Å². The van der Waals surface area contributed by atoms with Gasteiger partial charge in [0.25, 0.3) is 0 Å². The lowest BCUT2D eigenvalue weighted by Crippen LogP contribution is -2.59. The number of aliphatic hydroxyl groups excluding tert-OH is 1. The summed E-state index contributed by atoms with van der Waals surface area (Å²) in [6, 6.07) is 5.90. The van der Waals surface area contributed by atoms with Crippen molar-refractivity contribution in [3.8, 4) is 5.75 Å². The Morgan fingerprint density at radius 1 is 0.610 bits per heavy atom. The molecule has 2 heterocycles. The summed E-state index contributed by atoms with van der Waals surface area (Å²) >= 11 is 0. The van der Waals surface area contributed by atoms with E-state index in [4.69, 9.17) is 43.7 Å². The van der Waals surface area contributed by atoms with Gasteiger partial charge in [-0.2, -0.15) is 0 Å². The maximum Gasteiger partial charge on any atom is 0.339 e. The maximum absolute atomic E-state index is 12.4. The van der Waals surface area contributed by atoms with Crippen molar-refractivity contribution >= 4 is 41.8 Å². The molecule has 2 aliphatic rings. The number of aromatic carboxylic acids is 1. The number of ether oxygens (including phenoxy) is 6. The molecular weight excluding hydrogens is 780 g/mol.